The summed E-state index contributed by atoms with van der Waals surface area (Å²) in [5, 5.41) is 12.9. The van der Waals surface area contributed by atoms with Crippen LogP contribution >= 0.6 is 43.2 Å². The molecule has 358 valence electrons. The molecule has 4 aliphatic heterocycles. The van der Waals surface area contributed by atoms with Gasteiger partial charge in [0.15, 0.2) is 0 Å². The number of carbonyl (C=O) groups is 4. The zero-order valence-corrected chi connectivity index (χ0v) is 41.9. The van der Waals surface area contributed by atoms with E-state index < -0.39 is 0 Å². The molecule has 7 aromatic rings. The Bertz CT molecular complexity index is 3110. The Morgan fingerprint density at radius 2 is 0.556 bits per heavy atom. The van der Waals surface area contributed by atoms with Gasteiger partial charge in [-0.15, -0.1) is 0 Å². The number of hydrogen-bond donors (Lipinski definition) is 6. The molecule has 7 heterocycles. The van der Waals surface area contributed by atoms with Gasteiger partial charge in [0.1, 0.15) is 0 Å². The van der Waals surface area contributed by atoms with E-state index in [0.29, 0.717) is 68.5 Å². The third-order valence-corrected chi connectivity index (χ3v) is 17.3. The van der Waals surface area contributed by atoms with Crippen molar-refractivity contribution in [2.75, 3.05) is 44.3 Å². The van der Waals surface area contributed by atoms with Crippen LogP contribution in [0.5, 0.6) is 0 Å². The van der Waals surface area contributed by atoms with E-state index in [-0.39, 0.29) is 49.3 Å². The fraction of sp³-hybridized carbons (Fsp3) is 0.143. The lowest BCUT2D eigenvalue weighted by atomic mass is 10.0. The van der Waals surface area contributed by atoms with Gasteiger partial charge in [0.25, 0.3) is 0 Å². The average molecular weight is 1020 g/mol. The number of amides is 4. The molecule has 3 aromatic heterocycles. The number of rotatable bonds is 0. The largest absolute Gasteiger partial charge is 0.354 e. The van der Waals surface area contributed by atoms with Crippen LogP contribution in [-0.4, -0.2) is 66.6 Å². The molecule has 0 atom stereocenters. The van der Waals surface area contributed by atoms with Crippen LogP contribution < -0.4 is 21.3 Å². The number of anilines is 4. The molecule has 0 spiro atoms. The van der Waals surface area contributed by atoms with Crippen molar-refractivity contribution in [1.29, 1.82) is 0 Å². The van der Waals surface area contributed by atoms with Crippen molar-refractivity contribution in [3.8, 4) is 44.5 Å². The number of hydrogen-bond acceptors (Lipinski definition) is 10. The molecular weight excluding hydrogens is 977 g/mol. The first-order valence-corrected chi connectivity index (χ1v) is 28.5. The first-order chi connectivity index (χ1) is 35.3. The zero-order valence-electron chi connectivity index (χ0n) is 38.7. The summed E-state index contributed by atoms with van der Waals surface area (Å²) in [4.78, 5) is 73.3. The van der Waals surface area contributed by atoms with E-state index in [4.69, 9.17) is 9.97 Å². The van der Waals surface area contributed by atoms with Crippen LogP contribution in [0.15, 0.2) is 121 Å². The number of H-pyrrole nitrogens is 2. The van der Waals surface area contributed by atoms with Crippen molar-refractivity contribution in [3.05, 3.63) is 144 Å². The van der Waals surface area contributed by atoms with Crippen molar-refractivity contribution in [1.82, 2.24) is 19.9 Å². The molecule has 0 radical (unpaired) electrons. The van der Waals surface area contributed by atoms with Crippen LogP contribution in [0, 0.1) is 0 Å². The molecule has 0 aliphatic carbocycles. The molecule has 12 bridgehead atoms. The lowest BCUT2D eigenvalue weighted by Gasteiger charge is -2.14. The van der Waals surface area contributed by atoms with Gasteiger partial charge in [-0.1, -0.05) is 116 Å². The van der Waals surface area contributed by atoms with Crippen LogP contribution in [0.3, 0.4) is 0 Å². The second kappa shape index (κ2) is 21.2. The van der Waals surface area contributed by atoms with Gasteiger partial charge in [0.05, 0.1) is 22.8 Å². The minimum Gasteiger partial charge on any atom is -0.354 e. The van der Waals surface area contributed by atoms with E-state index >= 15 is 0 Å². The zero-order chi connectivity index (χ0) is 49.0. The molecular formula is C56H46N8O4S4. The van der Waals surface area contributed by atoms with E-state index in [0.717, 1.165) is 66.6 Å². The van der Waals surface area contributed by atoms with Crippen LogP contribution in [0.25, 0.3) is 90.9 Å². The van der Waals surface area contributed by atoms with Gasteiger partial charge in [0, 0.05) is 138 Å². The lowest BCUT2D eigenvalue weighted by Crippen LogP contribution is -2.13. The summed E-state index contributed by atoms with van der Waals surface area (Å²) in [5.74, 6) is 1.76. The molecule has 0 fully saturated rings. The van der Waals surface area contributed by atoms with Crippen LogP contribution in [-0.2, 0) is 19.2 Å². The van der Waals surface area contributed by atoms with Gasteiger partial charge in [-0.25, -0.2) is 9.97 Å². The minimum atomic E-state index is -0.129. The highest BCUT2D eigenvalue weighted by atomic mass is 33.1. The fourth-order valence-electron chi connectivity index (χ4n) is 9.20. The molecule has 4 amide bonds. The molecule has 11 rings (SSSR count). The highest BCUT2D eigenvalue weighted by Crippen LogP contribution is 2.43. The maximum Gasteiger partial charge on any atom is 0.225 e. The molecule has 0 unspecified atom stereocenters. The second-order valence-electron chi connectivity index (χ2n) is 17.2. The van der Waals surface area contributed by atoms with E-state index in [1.165, 1.54) is 0 Å². The molecule has 4 aromatic carbocycles. The topological polar surface area (TPSA) is 174 Å². The van der Waals surface area contributed by atoms with Crippen molar-refractivity contribution < 1.29 is 19.2 Å². The van der Waals surface area contributed by atoms with Gasteiger partial charge in [-0.3, -0.25) is 19.2 Å². The Labute approximate surface area is 431 Å². The van der Waals surface area contributed by atoms with Crippen molar-refractivity contribution >= 4 is 136 Å². The van der Waals surface area contributed by atoms with Gasteiger partial charge in [-0.2, -0.15) is 0 Å². The smallest absolute Gasteiger partial charge is 0.225 e. The number of benzene rings is 4. The standard InChI is InChI=1S/C56H46N8O4S4/c65-49-25-29-69-70-30-26-50(66)62-38-14-6-2-10-34(38)54-42-18-17-41(57-42)53(33-9-1-5-13-37(33)61-49)45-21-22-46(59-45)55-35-11-3-7-15-39(35)63-51(67)27-31-71-72-32-28-52(68)64-40-16-8-4-12-36(40)56(44-20-19-43(55)58-44)48-24-23-47(54)60-48/h1-24,59-60H,25-32H2,(H,61,65)(H,62,66)(H,63,67)(H,64,68). The molecule has 16 heteroatoms. The van der Waals surface area contributed by atoms with Crippen LogP contribution in [0.2, 0.25) is 0 Å². The molecule has 0 saturated carbocycles. The van der Waals surface area contributed by atoms with Gasteiger partial charge in [0.2, 0.25) is 23.6 Å². The summed E-state index contributed by atoms with van der Waals surface area (Å²) in [6, 6.07) is 39.1. The van der Waals surface area contributed by atoms with Crippen molar-refractivity contribution in [2.45, 2.75) is 25.7 Å². The first-order valence-electron chi connectivity index (χ1n) is 23.6. The predicted octanol–water partition coefficient (Wildman–Crippen LogP) is 13.4. The quantitative estimate of drug-likeness (QED) is 0.0803. The summed E-state index contributed by atoms with van der Waals surface area (Å²) < 4.78 is 0. The summed E-state index contributed by atoms with van der Waals surface area (Å²) in [6.07, 6.45) is 9.07. The third-order valence-electron chi connectivity index (χ3n) is 12.5. The van der Waals surface area contributed by atoms with Crippen molar-refractivity contribution in [2.24, 2.45) is 0 Å². The predicted molar refractivity (Wildman–Crippen MR) is 303 cm³/mol. The van der Waals surface area contributed by atoms with Gasteiger partial charge in [-0.05, 0) is 72.8 Å². The van der Waals surface area contributed by atoms with Crippen LogP contribution in [0.1, 0.15) is 48.5 Å². The van der Waals surface area contributed by atoms with E-state index in [2.05, 4.69) is 31.2 Å². The monoisotopic (exact) mass is 1020 g/mol. The van der Waals surface area contributed by atoms with E-state index in [1.54, 1.807) is 43.2 Å². The SMILES string of the molecule is O=C1CCSSCCC(=O)Nc2ccccc2-c2c3nc(c(c4ccc([nH]4)c4c5nc(c(c6ccc2[nH]6)-c2ccccc2NC(=O)CCSSCCC(=O)Nc2ccccc2-4)C=C5)-c2ccccc2N1)C=C3. The number of nitrogens with one attached hydrogen (secondary N) is 6. The molecule has 6 N–H and O–H groups in total. The maximum absolute atomic E-state index is 13.7. The highest BCUT2D eigenvalue weighted by Gasteiger charge is 2.24. The second-order valence-corrected chi connectivity index (χ2v) is 22.6. The number of fused-ring (bicyclic) bond motifs is 16. The van der Waals surface area contributed by atoms with E-state index in [9.17, 15) is 19.2 Å². The maximum atomic E-state index is 13.7. The molecule has 4 aliphatic rings. The van der Waals surface area contributed by atoms with Gasteiger partial charge >= 0.3 is 0 Å². The highest BCUT2D eigenvalue weighted by molar-refractivity contribution is 8.77. The number of para-hydroxylation sites is 4. The number of nitrogens with zero attached hydrogens (tertiary/aromatic N) is 2. The number of aromatic amines is 2. The lowest BCUT2D eigenvalue weighted by molar-refractivity contribution is -0.116. The Morgan fingerprint density at radius 3 is 0.806 bits per heavy atom. The summed E-state index contributed by atoms with van der Waals surface area (Å²) in [6.45, 7) is 0. The Hall–Kier alpha value is -7.24. The molecule has 0 saturated heterocycles. The fourth-order valence-corrected chi connectivity index (χ4v) is 13.2. The molecule has 72 heavy (non-hydrogen) atoms. The third kappa shape index (κ3) is 9.99. The average Bonchev–Trinajstić information content (AvgIpc) is 4.24. The molecule has 12 nitrogen and oxygen atoms in total. The Balaban J connectivity index is 1.29. The minimum absolute atomic E-state index is 0.129. The van der Waals surface area contributed by atoms with Crippen molar-refractivity contribution in [3.63, 3.8) is 0 Å². The van der Waals surface area contributed by atoms with Gasteiger partial charge < -0.3 is 31.2 Å². The van der Waals surface area contributed by atoms with Crippen LogP contribution in [0.4, 0.5) is 22.7 Å². The summed E-state index contributed by atoms with van der Waals surface area (Å²) in [7, 11) is 6.28. The van der Waals surface area contributed by atoms with E-state index in [1.807, 2.05) is 146 Å². The number of aromatic nitrogens is 4. The first kappa shape index (κ1) is 47.1. The summed E-state index contributed by atoms with van der Waals surface area (Å²) in [5.41, 5.74) is 14.0. The Kier molecular flexibility index (Phi) is 13.9. The Morgan fingerprint density at radius 1 is 0.319 bits per heavy atom. The number of carbonyl (C=O) groups excluding carboxylic acids is 4. The summed E-state index contributed by atoms with van der Waals surface area (Å²) >= 11 is 0. The normalized spacial score (nSPS) is 15.6.